The van der Waals surface area contributed by atoms with Crippen molar-refractivity contribution in [2.24, 2.45) is 4.99 Å². The average molecular weight is 502 g/mol. The van der Waals surface area contributed by atoms with Crippen molar-refractivity contribution in [2.75, 3.05) is 6.54 Å². The fourth-order valence-electron chi connectivity index (χ4n) is 4.23. The smallest absolute Gasteiger partial charge is 0.118 e. The minimum Gasteiger partial charge on any atom is -0.352 e. The molecule has 192 valence electrons. The molecular formula is C33H35N5. The number of aromatic amines is 1. The highest BCUT2D eigenvalue weighted by atomic mass is 15.1. The van der Waals surface area contributed by atoms with Crippen LogP contribution in [0, 0.1) is 6.92 Å². The summed E-state index contributed by atoms with van der Waals surface area (Å²) < 4.78 is 0. The van der Waals surface area contributed by atoms with E-state index >= 15 is 0 Å². The molecule has 0 bridgehead atoms. The summed E-state index contributed by atoms with van der Waals surface area (Å²) in [5.41, 5.74) is 8.60. The van der Waals surface area contributed by atoms with Gasteiger partial charge in [-0.3, -0.25) is 15.1 Å². The molecule has 1 N–H and O–H groups in total. The number of pyridine rings is 1. The fraction of sp³-hybridized carbons (Fsp3) is 0.182. The highest BCUT2D eigenvalue weighted by molar-refractivity contribution is 5.84. The summed E-state index contributed by atoms with van der Waals surface area (Å²) in [7, 11) is 0. The maximum Gasteiger partial charge on any atom is 0.118 e. The van der Waals surface area contributed by atoms with Crippen LogP contribution in [0.5, 0.6) is 0 Å². The molecule has 1 aliphatic heterocycles. The van der Waals surface area contributed by atoms with Gasteiger partial charge >= 0.3 is 0 Å². The summed E-state index contributed by atoms with van der Waals surface area (Å²) in [6.45, 7) is 11.4. The van der Waals surface area contributed by atoms with E-state index in [4.69, 9.17) is 4.99 Å². The maximum atomic E-state index is 4.69. The van der Waals surface area contributed by atoms with E-state index < -0.39 is 0 Å². The van der Waals surface area contributed by atoms with Gasteiger partial charge < -0.3 is 4.90 Å². The Morgan fingerprint density at radius 3 is 2.84 bits per heavy atom. The van der Waals surface area contributed by atoms with Gasteiger partial charge in [-0.25, -0.2) is 0 Å². The van der Waals surface area contributed by atoms with E-state index in [0.717, 1.165) is 70.0 Å². The van der Waals surface area contributed by atoms with Gasteiger partial charge in [0.25, 0.3) is 0 Å². The first kappa shape index (κ1) is 26.6. The molecule has 3 heterocycles. The Morgan fingerprint density at radius 2 is 2.03 bits per heavy atom. The van der Waals surface area contributed by atoms with Gasteiger partial charge in [0.2, 0.25) is 0 Å². The van der Waals surface area contributed by atoms with Gasteiger partial charge in [-0.05, 0) is 80.2 Å². The van der Waals surface area contributed by atoms with Crippen LogP contribution in [0.4, 0.5) is 0 Å². The van der Waals surface area contributed by atoms with Crippen LogP contribution in [-0.2, 0) is 0 Å². The Bertz CT molecular complexity index is 1430. The largest absolute Gasteiger partial charge is 0.352 e. The Morgan fingerprint density at radius 1 is 1.13 bits per heavy atom. The number of hydrogen-bond acceptors (Lipinski definition) is 4. The van der Waals surface area contributed by atoms with E-state index in [1.54, 1.807) is 0 Å². The third-order valence-electron chi connectivity index (χ3n) is 6.27. The van der Waals surface area contributed by atoms with Gasteiger partial charge in [0.05, 0.1) is 11.4 Å². The molecule has 1 aliphatic carbocycles. The quantitative estimate of drug-likeness (QED) is 0.296. The van der Waals surface area contributed by atoms with Crippen LogP contribution >= 0.6 is 0 Å². The number of hydrogen-bond donors (Lipinski definition) is 1. The van der Waals surface area contributed by atoms with E-state index in [0.29, 0.717) is 0 Å². The van der Waals surface area contributed by atoms with Crippen LogP contribution in [-0.4, -0.2) is 32.8 Å². The predicted octanol–water partition coefficient (Wildman–Crippen LogP) is 7.82. The van der Waals surface area contributed by atoms with Gasteiger partial charge in [-0.15, -0.1) is 0 Å². The molecule has 2 aromatic heterocycles. The van der Waals surface area contributed by atoms with Gasteiger partial charge in [0.1, 0.15) is 5.69 Å². The molecule has 0 saturated carbocycles. The SMILES string of the molecule is C=C1\C=C/C(c2c[nH]nc2-c2cccc(C)n2)=C/C=C/C1=C/C(=C\C)C1=CN(CCC/C=C/C)C=CC=N1. The normalized spacial score (nSPS) is 20.2. The minimum absolute atomic E-state index is 0.832. The van der Waals surface area contributed by atoms with E-state index in [2.05, 4.69) is 101 Å². The molecule has 2 aliphatic rings. The first-order valence-corrected chi connectivity index (χ1v) is 13.0. The molecule has 38 heavy (non-hydrogen) atoms. The van der Waals surface area contributed by atoms with Gasteiger partial charge in [-0.2, -0.15) is 5.10 Å². The molecule has 0 saturated heterocycles. The molecule has 2 aromatic rings. The predicted molar refractivity (Wildman–Crippen MR) is 160 cm³/mol. The zero-order valence-electron chi connectivity index (χ0n) is 22.4. The number of aryl methyl sites for hydroxylation is 1. The Kier molecular flexibility index (Phi) is 9.19. The summed E-state index contributed by atoms with van der Waals surface area (Å²) in [5, 5.41) is 7.48. The topological polar surface area (TPSA) is 57.2 Å². The minimum atomic E-state index is 0.832. The highest BCUT2D eigenvalue weighted by Gasteiger charge is 2.14. The van der Waals surface area contributed by atoms with Crippen molar-refractivity contribution in [1.29, 1.82) is 0 Å². The van der Waals surface area contributed by atoms with Gasteiger partial charge in [0.15, 0.2) is 0 Å². The van der Waals surface area contributed by atoms with Crippen LogP contribution in [0.15, 0.2) is 132 Å². The van der Waals surface area contributed by atoms with Crippen molar-refractivity contribution in [3.63, 3.8) is 0 Å². The third kappa shape index (κ3) is 6.83. The second-order valence-electron chi connectivity index (χ2n) is 9.08. The Balaban J connectivity index is 1.57. The first-order chi connectivity index (χ1) is 18.6. The average Bonchev–Trinajstić information content (AvgIpc) is 3.28. The summed E-state index contributed by atoms with van der Waals surface area (Å²) in [5.74, 6) is 0. The third-order valence-corrected chi connectivity index (χ3v) is 6.27. The standard InChI is InChI=1S/C33H35N5/c1-5-7-8-9-20-38-21-12-19-34-32(24-38)27(6-2)22-29-15-11-14-28(18-17-25(29)3)30-23-35-37-33(30)31-16-10-13-26(4)36-31/h5-7,10-19,21-24H,3,8-9,20H2,1-2,4H3,(H,35,37)/b7-5+,15-11+,18-17-,27-6+,28-14-,29-22-. The molecule has 0 atom stereocenters. The van der Waals surface area contributed by atoms with Crippen molar-refractivity contribution >= 4 is 11.8 Å². The highest BCUT2D eigenvalue weighted by Crippen LogP contribution is 2.29. The Labute approximate surface area is 226 Å². The van der Waals surface area contributed by atoms with Gasteiger partial charge in [0, 0.05) is 42.6 Å². The van der Waals surface area contributed by atoms with Crippen LogP contribution in [0.1, 0.15) is 37.9 Å². The number of nitrogens with zero attached hydrogens (tertiary/aromatic N) is 4. The zero-order valence-corrected chi connectivity index (χ0v) is 22.4. The van der Waals surface area contributed by atoms with Crippen molar-refractivity contribution in [2.45, 2.75) is 33.6 Å². The van der Waals surface area contributed by atoms with Crippen LogP contribution in [0.25, 0.3) is 17.0 Å². The molecular weight excluding hydrogens is 466 g/mol. The first-order valence-electron chi connectivity index (χ1n) is 13.0. The molecule has 5 nitrogen and oxygen atoms in total. The lowest BCUT2D eigenvalue weighted by Gasteiger charge is -2.16. The molecule has 0 spiro atoms. The number of aromatic nitrogens is 3. The number of allylic oxidation sites excluding steroid dienone is 13. The molecule has 0 fully saturated rings. The van der Waals surface area contributed by atoms with Crippen LogP contribution < -0.4 is 0 Å². The summed E-state index contributed by atoms with van der Waals surface area (Å²) in [6.07, 6.45) is 31.0. The Hall–Kier alpha value is -4.51. The number of unbranched alkanes of at least 4 members (excludes halogenated alkanes) is 1. The lowest BCUT2D eigenvalue weighted by atomic mass is 9.96. The molecule has 0 radical (unpaired) electrons. The van der Waals surface area contributed by atoms with Crippen molar-refractivity contribution < 1.29 is 0 Å². The second-order valence-corrected chi connectivity index (χ2v) is 9.08. The van der Waals surface area contributed by atoms with E-state index in [9.17, 15) is 0 Å². The molecule has 0 amide bonds. The number of rotatable bonds is 8. The van der Waals surface area contributed by atoms with E-state index in [-0.39, 0.29) is 0 Å². The molecule has 0 unspecified atom stereocenters. The maximum absolute atomic E-state index is 4.69. The second kappa shape index (κ2) is 13.2. The monoisotopic (exact) mass is 501 g/mol. The number of aliphatic imine (C=N–C) groups is 1. The summed E-state index contributed by atoms with van der Waals surface area (Å²) in [4.78, 5) is 11.5. The fourth-order valence-corrected chi connectivity index (χ4v) is 4.23. The zero-order chi connectivity index (χ0) is 26.7. The number of nitrogens with one attached hydrogen (secondary N) is 1. The lowest BCUT2D eigenvalue weighted by Crippen LogP contribution is -2.11. The van der Waals surface area contributed by atoms with Crippen LogP contribution in [0.2, 0.25) is 0 Å². The molecule has 0 aromatic carbocycles. The van der Waals surface area contributed by atoms with E-state index in [1.165, 1.54) is 0 Å². The molecule has 5 heteroatoms. The summed E-state index contributed by atoms with van der Waals surface area (Å²) in [6, 6.07) is 5.97. The lowest BCUT2D eigenvalue weighted by molar-refractivity contribution is 0.489. The van der Waals surface area contributed by atoms with Crippen molar-refractivity contribution in [3.05, 3.63) is 138 Å². The number of H-pyrrole nitrogens is 1. The van der Waals surface area contributed by atoms with Gasteiger partial charge in [-0.1, -0.05) is 61.3 Å². The van der Waals surface area contributed by atoms with Crippen LogP contribution in [0.3, 0.4) is 0 Å². The molecule has 4 rings (SSSR count). The van der Waals surface area contributed by atoms with E-state index in [1.807, 2.05) is 50.5 Å². The van der Waals surface area contributed by atoms with Crippen molar-refractivity contribution in [1.82, 2.24) is 20.1 Å². The summed E-state index contributed by atoms with van der Waals surface area (Å²) >= 11 is 0. The van der Waals surface area contributed by atoms with Crippen molar-refractivity contribution in [3.8, 4) is 11.4 Å².